The zero-order chi connectivity index (χ0) is 10.2. The summed E-state index contributed by atoms with van der Waals surface area (Å²) in [6.45, 7) is 4.33. The smallest absolute Gasteiger partial charge is 0.214 e. The van der Waals surface area contributed by atoms with E-state index in [1.165, 1.54) is 0 Å². The van der Waals surface area contributed by atoms with Gasteiger partial charge in [0.2, 0.25) is 10.0 Å². The van der Waals surface area contributed by atoms with Crippen LogP contribution in [0.1, 0.15) is 19.8 Å². The summed E-state index contributed by atoms with van der Waals surface area (Å²) >= 11 is 0. The van der Waals surface area contributed by atoms with Crippen LogP contribution >= 0.6 is 0 Å². The third-order valence-corrected chi connectivity index (χ3v) is 5.30. The van der Waals surface area contributed by atoms with Gasteiger partial charge in [-0.15, -0.1) is 0 Å². The van der Waals surface area contributed by atoms with Crippen molar-refractivity contribution in [3.63, 3.8) is 0 Å². The van der Waals surface area contributed by atoms with Gasteiger partial charge in [0, 0.05) is 19.1 Å². The van der Waals surface area contributed by atoms with E-state index in [-0.39, 0.29) is 11.8 Å². The lowest BCUT2D eigenvalue weighted by Crippen LogP contribution is -2.48. The molecule has 0 bridgehead atoms. The summed E-state index contributed by atoms with van der Waals surface area (Å²) in [5.41, 5.74) is 0. The van der Waals surface area contributed by atoms with E-state index in [9.17, 15) is 8.42 Å². The Labute approximate surface area is 85.7 Å². The summed E-state index contributed by atoms with van der Waals surface area (Å²) in [5, 5.41) is 3.28. The Morgan fingerprint density at radius 2 is 2.21 bits per heavy atom. The Morgan fingerprint density at radius 1 is 1.43 bits per heavy atom. The molecule has 2 aliphatic heterocycles. The summed E-state index contributed by atoms with van der Waals surface area (Å²) < 4.78 is 25.2. The van der Waals surface area contributed by atoms with Crippen LogP contribution in [0.3, 0.4) is 0 Å². The van der Waals surface area contributed by atoms with Crippen molar-refractivity contribution in [2.75, 3.05) is 25.4 Å². The molecular weight excluding hydrogens is 200 g/mol. The van der Waals surface area contributed by atoms with Crippen molar-refractivity contribution < 1.29 is 8.42 Å². The maximum absolute atomic E-state index is 11.8. The quantitative estimate of drug-likeness (QED) is 0.711. The van der Waals surface area contributed by atoms with Crippen molar-refractivity contribution in [2.45, 2.75) is 25.8 Å². The maximum Gasteiger partial charge on any atom is 0.214 e. The van der Waals surface area contributed by atoms with Crippen LogP contribution in [0.15, 0.2) is 0 Å². The normalized spacial score (nSPS) is 34.4. The van der Waals surface area contributed by atoms with Crippen molar-refractivity contribution in [1.29, 1.82) is 0 Å². The first-order valence-corrected chi connectivity index (χ1v) is 6.96. The van der Waals surface area contributed by atoms with E-state index >= 15 is 0 Å². The molecule has 2 atom stereocenters. The monoisotopic (exact) mass is 218 g/mol. The summed E-state index contributed by atoms with van der Waals surface area (Å²) in [7, 11) is -2.97. The van der Waals surface area contributed by atoms with E-state index in [0.717, 1.165) is 32.5 Å². The van der Waals surface area contributed by atoms with Gasteiger partial charge in [0.15, 0.2) is 0 Å². The van der Waals surface area contributed by atoms with Gasteiger partial charge in [-0.3, -0.25) is 0 Å². The molecule has 0 aromatic heterocycles. The van der Waals surface area contributed by atoms with E-state index < -0.39 is 10.0 Å². The summed E-state index contributed by atoms with van der Waals surface area (Å²) in [6, 6.07) is 0.230. The van der Waals surface area contributed by atoms with E-state index in [2.05, 4.69) is 5.32 Å². The first-order chi connectivity index (χ1) is 6.65. The highest BCUT2D eigenvalue weighted by Gasteiger charge is 2.40. The van der Waals surface area contributed by atoms with Crippen molar-refractivity contribution in [3.05, 3.63) is 0 Å². The van der Waals surface area contributed by atoms with Crippen LogP contribution in [0.4, 0.5) is 0 Å². The fourth-order valence-electron chi connectivity index (χ4n) is 2.54. The molecule has 5 heteroatoms. The van der Waals surface area contributed by atoms with E-state index in [4.69, 9.17) is 0 Å². The number of piperidine rings is 1. The van der Waals surface area contributed by atoms with Gasteiger partial charge in [0.25, 0.3) is 0 Å². The Morgan fingerprint density at radius 3 is 2.93 bits per heavy atom. The number of nitrogens with zero attached hydrogens (tertiary/aromatic N) is 1. The van der Waals surface area contributed by atoms with Gasteiger partial charge in [-0.25, -0.2) is 8.42 Å². The largest absolute Gasteiger partial charge is 0.315 e. The zero-order valence-corrected chi connectivity index (χ0v) is 9.39. The number of hydrogen-bond acceptors (Lipinski definition) is 3. The van der Waals surface area contributed by atoms with Gasteiger partial charge in [-0.05, 0) is 32.2 Å². The van der Waals surface area contributed by atoms with Crippen LogP contribution in [-0.2, 0) is 10.0 Å². The van der Waals surface area contributed by atoms with Crippen LogP contribution in [0.5, 0.6) is 0 Å². The maximum atomic E-state index is 11.8. The van der Waals surface area contributed by atoms with Crippen LogP contribution in [0.2, 0.25) is 0 Å². The third-order valence-electron chi connectivity index (χ3n) is 3.40. The van der Waals surface area contributed by atoms with Crippen LogP contribution < -0.4 is 5.32 Å². The number of rotatable bonds is 2. The molecule has 0 aromatic rings. The first-order valence-electron chi connectivity index (χ1n) is 5.35. The third kappa shape index (κ3) is 1.68. The molecule has 0 saturated carbocycles. The fourth-order valence-corrected chi connectivity index (χ4v) is 3.91. The molecule has 0 radical (unpaired) electrons. The van der Waals surface area contributed by atoms with Gasteiger partial charge in [0.1, 0.15) is 0 Å². The van der Waals surface area contributed by atoms with Gasteiger partial charge in [-0.2, -0.15) is 4.31 Å². The lowest BCUT2D eigenvalue weighted by Gasteiger charge is -2.31. The molecule has 0 aliphatic carbocycles. The SMILES string of the molecule is CCS(=O)(=O)N1CC[C@H]2CCNC[C@H]21. The van der Waals surface area contributed by atoms with Crippen molar-refractivity contribution in [2.24, 2.45) is 5.92 Å². The molecule has 82 valence electrons. The Bertz CT molecular complexity index is 302. The molecule has 2 rings (SSSR count). The zero-order valence-electron chi connectivity index (χ0n) is 8.57. The molecule has 14 heavy (non-hydrogen) atoms. The molecule has 4 nitrogen and oxygen atoms in total. The van der Waals surface area contributed by atoms with E-state index in [0.29, 0.717) is 5.92 Å². The predicted molar refractivity (Wildman–Crippen MR) is 55.5 cm³/mol. The van der Waals surface area contributed by atoms with Crippen molar-refractivity contribution in [3.8, 4) is 0 Å². The average molecular weight is 218 g/mol. The number of nitrogens with one attached hydrogen (secondary N) is 1. The fraction of sp³-hybridized carbons (Fsp3) is 1.00. The second kappa shape index (κ2) is 3.79. The first kappa shape index (κ1) is 10.4. The molecular formula is C9H18N2O2S. The minimum absolute atomic E-state index is 0.230. The lowest BCUT2D eigenvalue weighted by molar-refractivity contribution is 0.276. The number of hydrogen-bond donors (Lipinski definition) is 1. The van der Waals surface area contributed by atoms with Gasteiger partial charge < -0.3 is 5.32 Å². The van der Waals surface area contributed by atoms with Crippen LogP contribution in [-0.4, -0.2) is 44.2 Å². The molecule has 2 saturated heterocycles. The summed E-state index contributed by atoms with van der Waals surface area (Å²) in [4.78, 5) is 0. The molecule has 0 unspecified atom stereocenters. The minimum Gasteiger partial charge on any atom is -0.315 e. The van der Waals surface area contributed by atoms with E-state index in [1.807, 2.05) is 0 Å². The predicted octanol–water partition coefficient (Wildman–Crippen LogP) is 0.0199. The minimum atomic E-state index is -2.97. The van der Waals surface area contributed by atoms with Gasteiger partial charge in [0.05, 0.1) is 5.75 Å². The second-order valence-electron chi connectivity index (χ2n) is 4.12. The standard InChI is InChI=1S/C9H18N2O2S/c1-2-14(12,13)11-6-4-8-3-5-10-7-9(8)11/h8-10H,2-7H2,1H3/t8-,9-/m1/s1. The second-order valence-corrected chi connectivity index (χ2v) is 6.33. The molecule has 2 aliphatic rings. The Kier molecular flexibility index (Phi) is 2.81. The topological polar surface area (TPSA) is 49.4 Å². The molecule has 0 aromatic carbocycles. The average Bonchev–Trinajstić information content (AvgIpc) is 2.61. The van der Waals surface area contributed by atoms with Crippen LogP contribution in [0, 0.1) is 5.92 Å². The van der Waals surface area contributed by atoms with Crippen LogP contribution in [0.25, 0.3) is 0 Å². The number of sulfonamides is 1. The van der Waals surface area contributed by atoms with Gasteiger partial charge in [-0.1, -0.05) is 0 Å². The lowest BCUT2D eigenvalue weighted by atomic mass is 9.94. The molecule has 2 fully saturated rings. The Balaban J connectivity index is 2.15. The van der Waals surface area contributed by atoms with Crippen molar-refractivity contribution >= 4 is 10.0 Å². The molecule has 2 heterocycles. The highest BCUT2D eigenvalue weighted by Crippen LogP contribution is 2.30. The van der Waals surface area contributed by atoms with Gasteiger partial charge >= 0.3 is 0 Å². The number of fused-ring (bicyclic) bond motifs is 1. The molecule has 0 spiro atoms. The van der Waals surface area contributed by atoms with Crippen molar-refractivity contribution in [1.82, 2.24) is 9.62 Å². The molecule has 1 N–H and O–H groups in total. The highest BCUT2D eigenvalue weighted by molar-refractivity contribution is 7.89. The van der Waals surface area contributed by atoms with E-state index in [1.54, 1.807) is 11.2 Å². The Hall–Kier alpha value is -0.130. The summed E-state index contributed by atoms with van der Waals surface area (Å²) in [5.74, 6) is 0.827. The summed E-state index contributed by atoms with van der Waals surface area (Å²) in [6.07, 6.45) is 2.17. The highest BCUT2D eigenvalue weighted by atomic mass is 32.2. The molecule has 0 amide bonds.